The topological polar surface area (TPSA) is 49.3 Å². The highest BCUT2D eigenvalue weighted by molar-refractivity contribution is 5.88. The van der Waals surface area contributed by atoms with E-state index in [4.69, 9.17) is 5.11 Å². The molecule has 0 amide bonds. The SMILES string of the molecule is CNC(C)c1ccc(F)c(-c2ccc(C(=O)O)cc2)c1. The summed E-state index contributed by atoms with van der Waals surface area (Å²) < 4.78 is 13.9. The predicted octanol–water partition coefficient (Wildman–Crippen LogP) is 3.47. The Morgan fingerprint density at radius 3 is 2.40 bits per heavy atom. The summed E-state index contributed by atoms with van der Waals surface area (Å²) >= 11 is 0. The van der Waals surface area contributed by atoms with Crippen molar-refractivity contribution in [2.45, 2.75) is 13.0 Å². The van der Waals surface area contributed by atoms with Gasteiger partial charge in [0.15, 0.2) is 0 Å². The minimum absolute atomic E-state index is 0.118. The zero-order valence-corrected chi connectivity index (χ0v) is 11.4. The molecule has 4 heteroatoms. The molecule has 1 unspecified atom stereocenters. The Morgan fingerprint density at radius 1 is 1.20 bits per heavy atom. The second-order valence-corrected chi connectivity index (χ2v) is 4.63. The Morgan fingerprint density at radius 2 is 1.85 bits per heavy atom. The van der Waals surface area contributed by atoms with Gasteiger partial charge in [-0.2, -0.15) is 0 Å². The third kappa shape index (κ3) is 2.86. The molecule has 2 rings (SSSR count). The summed E-state index contributed by atoms with van der Waals surface area (Å²) in [7, 11) is 1.84. The highest BCUT2D eigenvalue weighted by atomic mass is 19.1. The summed E-state index contributed by atoms with van der Waals surface area (Å²) in [6.45, 7) is 1.99. The minimum atomic E-state index is -0.991. The van der Waals surface area contributed by atoms with E-state index in [0.717, 1.165) is 5.56 Å². The fraction of sp³-hybridized carbons (Fsp3) is 0.188. The molecule has 2 aromatic carbocycles. The largest absolute Gasteiger partial charge is 0.478 e. The first-order valence-corrected chi connectivity index (χ1v) is 6.33. The molecule has 20 heavy (non-hydrogen) atoms. The van der Waals surface area contributed by atoms with Crippen molar-refractivity contribution in [1.82, 2.24) is 5.32 Å². The van der Waals surface area contributed by atoms with Gasteiger partial charge in [0.05, 0.1) is 5.56 Å². The third-order valence-corrected chi connectivity index (χ3v) is 3.37. The van der Waals surface area contributed by atoms with Gasteiger partial charge in [0.25, 0.3) is 0 Å². The molecular weight excluding hydrogens is 257 g/mol. The first kappa shape index (κ1) is 14.2. The van der Waals surface area contributed by atoms with Crippen molar-refractivity contribution >= 4 is 5.97 Å². The van der Waals surface area contributed by atoms with Gasteiger partial charge in [-0.15, -0.1) is 0 Å². The van der Waals surface area contributed by atoms with Crippen LogP contribution in [-0.4, -0.2) is 18.1 Å². The molecule has 0 aliphatic carbocycles. The number of halogens is 1. The standard InChI is InChI=1S/C16H16FNO2/c1-10(18-2)13-7-8-15(17)14(9-13)11-3-5-12(6-4-11)16(19)20/h3-10,18H,1-2H3,(H,19,20). The van der Waals surface area contributed by atoms with E-state index < -0.39 is 5.97 Å². The quantitative estimate of drug-likeness (QED) is 0.896. The molecule has 0 aliphatic heterocycles. The maximum Gasteiger partial charge on any atom is 0.335 e. The Balaban J connectivity index is 2.43. The second kappa shape index (κ2) is 5.84. The lowest BCUT2D eigenvalue weighted by Crippen LogP contribution is -2.12. The monoisotopic (exact) mass is 273 g/mol. The molecule has 3 nitrogen and oxygen atoms in total. The van der Waals surface area contributed by atoms with Crippen LogP contribution < -0.4 is 5.32 Å². The first-order valence-electron chi connectivity index (χ1n) is 6.33. The Bertz CT molecular complexity index is 623. The van der Waals surface area contributed by atoms with Crippen molar-refractivity contribution in [2.24, 2.45) is 0 Å². The summed E-state index contributed by atoms with van der Waals surface area (Å²) in [6.07, 6.45) is 0. The van der Waals surface area contributed by atoms with Crippen LogP contribution in [0.15, 0.2) is 42.5 Å². The van der Waals surface area contributed by atoms with Gasteiger partial charge in [0.1, 0.15) is 5.82 Å². The number of hydrogen-bond acceptors (Lipinski definition) is 2. The normalized spacial score (nSPS) is 12.2. The lowest BCUT2D eigenvalue weighted by molar-refractivity contribution is 0.0697. The highest BCUT2D eigenvalue weighted by Crippen LogP contribution is 2.26. The highest BCUT2D eigenvalue weighted by Gasteiger charge is 2.10. The Kier molecular flexibility index (Phi) is 4.15. The van der Waals surface area contributed by atoms with Gasteiger partial charge in [0, 0.05) is 11.6 Å². The number of aromatic carboxylic acids is 1. The van der Waals surface area contributed by atoms with Crippen LogP contribution in [0.1, 0.15) is 28.9 Å². The molecule has 2 N–H and O–H groups in total. The van der Waals surface area contributed by atoms with Crippen molar-refractivity contribution in [3.8, 4) is 11.1 Å². The van der Waals surface area contributed by atoms with E-state index in [-0.39, 0.29) is 17.4 Å². The molecule has 0 aliphatic rings. The van der Waals surface area contributed by atoms with Crippen LogP contribution >= 0.6 is 0 Å². The van der Waals surface area contributed by atoms with Crippen LogP contribution in [0.25, 0.3) is 11.1 Å². The average molecular weight is 273 g/mol. The van der Waals surface area contributed by atoms with Crippen LogP contribution in [-0.2, 0) is 0 Å². The molecule has 0 aromatic heterocycles. The van der Waals surface area contributed by atoms with E-state index in [2.05, 4.69) is 5.32 Å². The molecule has 0 radical (unpaired) electrons. The molecule has 2 aromatic rings. The Hall–Kier alpha value is -2.20. The van der Waals surface area contributed by atoms with Crippen molar-refractivity contribution in [3.05, 3.63) is 59.4 Å². The van der Waals surface area contributed by atoms with Crippen LogP contribution in [0.5, 0.6) is 0 Å². The first-order chi connectivity index (χ1) is 9.52. The lowest BCUT2D eigenvalue weighted by Gasteiger charge is -2.13. The summed E-state index contributed by atoms with van der Waals surface area (Å²) in [5.41, 5.74) is 2.30. The van der Waals surface area contributed by atoms with E-state index >= 15 is 0 Å². The van der Waals surface area contributed by atoms with Crippen molar-refractivity contribution in [3.63, 3.8) is 0 Å². The summed E-state index contributed by atoms with van der Waals surface area (Å²) in [5.74, 6) is -1.31. The predicted molar refractivity (Wildman–Crippen MR) is 76.3 cm³/mol. The van der Waals surface area contributed by atoms with Gasteiger partial charge < -0.3 is 10.4 Å². The van der Waals surface area contributed by atoms with Gasteiger partial charge in [-0.3, -0.25) is 0 Å². The van der Waals surface area contributed by atoms with Gasteiger partial charge in [-0.25, -0.2) is 9.18 Å². The van der Waals surface area contributed by atoms with E-state index in [1.807, 2.05) is 14.0 Å². The van der Waals surface area contributed by atoms with Gasteiger partial charge in [0.2, 0.25) is 0 Å². The summed E-state index contributed by atoms with van der Waals surface area (Å²) in [6, 6.07) is 11.3. The number of nitrogens with one attached hydrogen (secondary N) is 1. The number of hydrogen-bond donors (Lipinski definition) is 2. The maximum atomic E-state index is 13.9. The second-order valence-electron chi connectivity index (χ2n) is 4.63. The van der Waals surface area contributed by atoms with E-state index in [1.165, 1.54) is 18.2 Å². The van der Waals surface area contributed by atoms with Crippen LogP contribution in [0.2, 0.25) is 0 Å². The van der Waals surface area contributed by atoms with Gasteiger partial charge >= 0.3 is 5.97 Å². The van der Waals surface area contributed by atoms with Crippen LogP contribution in [0.3, 0.4) is 0 Å². The molecule has 104 valence electrons. The number of rotatable bonds is 4. The lowest BCUT2D eigenvalue weighted by atomic mass is 9.98. The molecule has 0 saturated carbocycles. The van der Waals surface area contributed by atoms with Crippen molar-refractivity contribution in [2.75, 3.05) is 7.05 Å². The van der Waals surface area contributed by atoms with Crippen LogP contribution in [0, 0.1) is 5.82 Å². The third-order valence-electron chi connectivity index (χ3n) is 3.37. The number of benzene rings is 2. The van der Waals surface area contributed by atoms with Gasteiger partial charge in [-0.05, 0) is 49.4 Å². The van der Waals surface area contributed by atoms with E-state index in [9.17, 15) is 9.18 Å². The molecule has 0 bridgehead atoms. The zero-order valence-electron chi connectivity index (χ0n) is 11.4. The average Bonchev–Trinajstić information content (AvgIpc) is 2.47. The summed E-state index contributed by atoms with van der Waals surface area (Å²) in [4.78, 5) is 10.8. The van der Waals surface area contributed by atoms with Crippen molar-refractivity contribution < 1.29 is 14.3 Å². The number of carboxylic acid groups (broad SMARTS) is 1. The molecule has 0 saturated heterocycles. The fourth-order valence-electron chi connectivity index (χ4n) is 1.99. The van der Waals surface area contributed by atoms with Crippen molar-refractivity contribution in [1.29, 1.82) is 0 Å². The van der Waals surface area contributed by atoms with E-state index in [0.29, 0.717) is 11.1 Å². The number of carboxylic acids is 1. The van der Waals surface area contributed by atoms with E-state index in [1.54, 1.807) is 24.3 Å². The molecular formula is C16H16FNO2. The molecule has 0 heterocycles. The van der Waals surface area contributed by atoms with Crippen LogP contribution in [0.4, 0.5) is 4.39 Å². The zero-order chi connectivity index (χ0) is 14.7. The molecule has 0 fully saturated rings. The molecule has 0 spiro atoms. The van der Waals surface area contributed by atoms with Gasteiger partial charge in [-0.1, -0.05) is 18.2 Å². The smallest absolute Gasteiger partial charge is 0.335 e. The number of carbonyl (C=O) groups is 1. The maximum absolute atomic E-state index is 13.9. The fourth-order valence-corrected chi connectivity index (χ4v) is 1.99. The Labute approximate surface area is 117 Å². The molecule has 1 atom stereocenters. The minimum Gasteiger partial charge on any atom is -0.478 e. The summed E-state index contributed by atoms with van der Waals surface area (Å²) in [5, 5.41) is 12.0.